The minimum atomic E-state index is 0.0287. The molecule has 4 heteroatoms. The Bertz CT molecular complexity index is 425. The molecule has 1 aromatic rings. The first-order valence-corrected chi connectivity index (χ1v) is 6.06. The minimum absolute atomic E-state index is 0.0287. The summed E-state index contributed by atoms with van der Waals surface area (Å²) < 4.78 is 5.10. The number of ether oxygens (including phenoxy) is 1. The average Bonchev–Trinajstić information content (AvgIpc) is 3.08. The molecule has 2 N–H and O–H groups in total. The van der Waals surface area contributed by atoms with Gasteiger partial charge >= 0.3 is 0 Å². The summed E-state index contributed by atoms with van der Waals surface area (Å²) >= 11 is 0. The van der Waals surface area contributed by atoms with Crippen LogP contribution < -0.4 is 10.6 Å². The second-order valence-electron chi connectivity index (χ2n) is 4.71. The van der Waals surface area contributed by atoms with Crippen molar-refractivity contribution in [3.05, 3.63) is 29.8 Å². The molecular formula is C13H16N2O2. The van der Waals surface area contributed by atoms with Crippen molar-refractivity contribution in [1.82, 2.24) is 5.32 Å². The van der Waals surface area contributed by atoms with Gasteiger partial charge in [0.2, 0.25) is 0 Å². The molecule has 90 valence electrons. The molecule has 0 aromatic heterocycles. The van der Waals surface area contributed by atoms with E-state index >= 15 is 0 Å². The van der Waals surface area contributed by atoms with Crippen LogP contribution in [0.5, 0.6) is 0 Å². The van der Waals surface area contributed by atoms with Gasteiger partial charge in [-0.15, -0.1) is 0 Å². The Hall–Kier alpha value is -1.55. The molecule has 1 saturated carbocycles. The van der Waals surface area contributed by atoms with E-state index < -0.39 is 0 Å². The highest BCUT2D eigenvalue weighted by molar-refractivity contribution is 5.95. The van der Waals surface area contributed by atoms with Crippen LogP contribution in [0.2, 0.25) is 0 Å². The third kappa shape index (κ3) is 2.58. The lowest BCUT2D eigenvalue weighted by atomic mass is 10.1. The Morgan fingerprint density at radius 1 is 1.24 bits per heavy atom. The first kappa shape index (κ1) is 10.6. The highest BCUT2D eigenvalue weighted by atomic mass is 16.5. The molecule has 2 aliphatic rings. The average molecular weight is 232 g/mol. The molecule has 0 spiro atoms. The van der Waals surface area contributed by atoms with Crippen molar-refractivity contribution in [2.45, 2.75) is 24.9 Å². The number of hydrogen-bond donors (Lipinski definition) is 2. The van der Waals surface area contributed by atoms with Crippen molar-refractivity contribution >= 4 is 11.6 Å². The Kier molecular flexibility index (Phi) is 2.73. The number of amides is 1. The molecule has 17 heavy (non-hydrogen) atoms. The highest BCUT2D eigenvalue weighted by Gasteiger charge is 2.24. The van der Waals surface area contributed by atoms with Crippen molar-refractivity contribution in [1.29, 1.82) is 0 Å². The zero-order chi connectivity index (χ0) is 11.7. The minimum Gasteiger partial charge on any atom is -0.378 e. The number of anilines is 1. The zero-order valence-corrected chi connectivity index (χ0v) is 9.61. The maximum absolute atomic E-state index is 11.9. The van der Waals surface area contributed by atoms with Crippen molar-refractivity contribution in [3.8, 4) is 0 Å². The Labute approximate surface area is 100 Å². The molecule has 0 unspecified atom stereocenters. The summed E-state index contributed by atoms with van der Waals surface area (Å²) in [6.07, 6.45) is 2.23. The van der Waals surface area contributed by atoms with Gasteiger partial charge < -0.3 is 15.4 Å². The molecule has 1 amide bonds. The third-order valence-electron chi connectivity index (χ3n) is 3.05. The largest absolute Gasteiger partial charge is 0.378 e. The van der Waals surface area contributed by atoms with Gasteiger partial charge in [-0.2, -0.15) is 0 Å². The maximum atomic E-state index is 11.9. The van der Waals surface area contributed by atoms with Crippen LogP contribution in [-0.2, 0) is 4.74 Å². The van der Waals surface area contributed by atoms with E-state index in [4.69, 9.17) is 4.74 Å². The summed E-state index contributed by atoms with van der Waals surface area (Å²) in [7, 11) is 0. The lowest BCUT2D eigenvalue weighted by Gasteiger charge is -2.27. The molecule has 4 nitrogen and oxygen atoms in total. The summed E-state index contributed by atoms with van der Waals surface area (Å²) in [4.78, 5) is 11.9. The monoisotopic (exact) mass is 232 g/mol. The van der Waals surface area contributed by atoms with E-state index in [9.17, 15) is 4.79 Å². The van der Waals surface area contributed by atoms with Crippen LogP contribution in [0, 0.1) is 0 Å². The molecule has 1 aliphatic carbocycles. The molecule has 0 atom stereocenters. The van der Waals surface area contributed by atoms with Crippen molar-refractivity contribution in [3.63, 3.8) is 0 Å². The van der Waals surface area contributed by atoms with Gasteiger partial charge in [0.1, 0.15) is 0 Å². The fourth-order valence-electron chi connectivity index (χ4n) is 1.80. The van der Waals surface area contributed by atoms with E-state index in [1.807, 2.05) is 24.3 Å². The smallest absolute Gasteiger partial charge is 0.251 e. The van der Waals surface area contributed by atoms with Gasteiger partial charge in [0.15, 0.2) is 0 Å². The first-order valence-electron chi connectivity index (χ1n) is 6.06. The van der Waals surface area contributed by atoms with Crippen LogP contribution in [-0.4, -0.2) is 31.2 Å². The Morgan fingerprint density at radius 2 is 2.06 bits per heavy atom. The summed E-state index contributed by atoms with van der Waals surface area (Å²) in [6, 6.07) is 8.42. The van der Waals surface area contributed by atoms with E-state index in [0.29, 0.717) is 12.1 Å². The number of carbonyl (C=O) groups excluding carboxylic acids is 1. The number of rotatable bonds is 4. The van der Waals surface area contributed by atoms with Crippen LogP contribution in [0.25, 0.3) is 0 Å². The Morgan fingerprint density at radius 3 is 2.71 bits per heavy atom. The van der Waals surface area contributed by atoms with Gasteiger partial charge in [0.05, 0.1) is 19.3 Å². The normalized spacial score (nSPS) is 19.5. The summed E-state index contributed by atoms with van der Waals surface area (Å²) in [5, 5.41) is 6.32. The second kappa shape index (κ2) is 4.37. The lowest BCUT2D eigenvalue weighted by Crippen LogP contribution is -2.40. The van der Waals surface area contributed by atoms with Gasteiger partial charge in [-0.25, -0.2) is 0 Å². The van der Waals surface area contributed by atoms with Crippen molar-refractivity contribution < 1.29 is 9.53 Å². The molecule has 0 radical (unpaired) electrons. The Balaban J connectivity index is 1.66. The van der Waals surface area contributed by atoms with E-state index in [0.717, 1.165) is 37.3 Å². The lowest BCUT2D eigenvalue weighted by molar-refractivity contribution is 0.0211. The second-order valence-corrected chi connectivity index (χ2v) is 4.71. The highest BCUT2D eigenvalue weighted by Crippen LogP contribution is 2.20. The van der Waals surface area contributed by atoms with Crippen LogP contribution in [0.3, 0.4) is 0 Å². The van der Waals surface area contributed by atoms with Gasteiger partial charge in [-0.3, -0.25) is 4.79 Å². The molecule has 3 rings (SSSR count). The van der Waals surface area contributed by atoms with Crippen molar-refractivity contribution in [2.24, 2.45) is 0 Å². The quantitative estimate of drug-likeness (QED) is 0.824. The zero-order valence-electron chi connectivity index (χ0n) is 9.61. The fourth-order valence-corrected chi connectivity index (χ4v) is 1.80. The SMILES string of the molecule is O=C(NC1CC1)c1cccc(NC2COC2)c1. The fraction of sp³-hybridized carbons (Fsp3) is 0.462. The predicted molar refractivity (Wildman–Crippen MR) is 65.2 cm³/mol. The number of nitrogens with one attached hydrogen (secondary N) is 2. The number of benzene rings is 1. The maximum Gasteiger partial charge on any atom is 0.251 e. The van der Waals surface area contributed by atoms with Gasteiger partial charge in [0, 0.05) is 17.3 Å². The standard InChI is InChI=1S/C13H16N2O2/c16-13(15-10-4-5-10)9-2-1-3-11(6-9)14-12-7-17-8-12/h1-3,6,10,12,14H,4-5,7-8H2,(H,15,16). The van der Waals surface area contributed by atoms with Gasteiger partial charge in [-0.05, 0) is 31.0 Å². The van der Waals surface area contributed by atoms with Crippen LogP contribution in [0.15, 0.2) is 24.3 Å². The van der Waals surface area contributed by atoms with E-state index in [2.05, 4.69) is 10.6 Å². The third-order valence-corrected chi connectivity index (χ3v) is 3.05. The molecule has 1 aromatic carbocycles. The van der Waals surface area contributed by atoms with Gasteiger partial charge in [-0.1, -0.05) is 6.07 Å². The number of hydrogen-bond acceptors (Lipinski definition) is 3. The molecule has 1 heterocycles. The number of carbonyl (C=O) groups is 1. The molecule has 1 aliphatic heterocycles. The predicted octanol–water partition coefficient (Wildman–Crippen LogP) is 1.39. The summed E-state index contributed by atoms with van der Waals surface area (Å²) in [5.74, 6) is 0.0287. The molecule has 2 fully saturated rings. The first-order chi connectivity index (χ1) is 8.31. The van der Waals surface area contributed by atoms with Gasteiger partial charge in [0.25, 0.3) is 5.91 Å². The summed E-state index contributed by atoms with van der Waals surface area (Å²) in [6.45, 7) is 1.50. The van der Waals surface area contributed by atoms with Crippen LogP contribution >= 0.6 is 0 Å². The van der Waals surface area contributed by atoms with E-state index in [-0.39, 0.29) is 5.91 Å². The topological polar surface area (TPSA) is 50.4 Å². The van der Waals surface area contributed by atoms with Crippen LogP contribution in [0.4, 0.5) is 5.69 Å². The van der Waals surface area contributed by atoms with Crippen molar-refractivity contribution in [2.75, 3.05) is 18.5 Å². The molecule has 1 saturated heterocycles. The van der Waals surface area contributed by atoms with E-state index in [1.54, 1.807) is 0 Å². The molecular weight excluding hydrogens is 216 g/mol. The van der Waals surface area contributed by atoms with E-state index in [1.165, 1.54) is 0 Å². The summed E-state index contributed by atoms with van der Waals surface area (Å²) in [5.41, 5.74) is 1.71. The van der Waals surface area contributed by atoms with Crippen LogP contribution in [0.1, 0.15) is 23.2 Å². The molecule has 0 bridgehead atoms.